The summed E-state index contributed by atoms with van der Waals surface area (Å²) in [7, 11) is -1.57. The van der Waals surface area contributed by atoms with Crippen LogP contribution in [0, 0.1) is 0 Å². The third kappa shape index (κ3) is 5.80. The fraction of sp³-hybridized carbons (Fsp3) is 0.333. The fourth-order valence-electron chi connectivity index (χ4n) is 3.09. The van der Waals surface area contributed by atoms with E-state index in [1.165, 1.54) is 11.9 Å². The molecule has 0 unspecified atom stereocenters. The molecule has 2 aromatic rings. The summed E-state index contributed by atoms with van der Waals surface area (Å²) >= 11 is 0. The molecular weight excluding hydrogens is 394 g/mol. The number of carbonyl (C=O) groups excluding carboxylic acids is 2. The highest BCUT2D eigenvalue weighted by Gasteiger charge is 2.32. The number of nitrogens with zero attached hydrogens (tertiary/aromatic N) is 1. The van der Waals surface area contributed by atoms with Crippen LogP contribution in [0.3, 0.4) is 0 Å². The number of hydrogen-bond donors (Lipinski definition) is 0. The average Bonchev–Trinajstić information content (AvgIpc) is 3.10. The maximum Gasteiger partial charge on any atom is 0.344 e. The second-order valence-electron chi connectivity index (χ2n) is 6.90. The molecule has 0 bridgehead atoms. The first kappa shape index (κ1) is 20.9. The summed E-state index contributed by atoms with van der Waals surface area (Å²) in [5.74, 6) is -0.566. The van der Waals surface area contributed by atoms with Crippen molar-refractivity contribution in [1.82, 2.24) is 4.90 Å². The quantitative estimate of drug-likeness (QED) is 0.640. The topological polar surface area (TPSA) is 90.0 Å². The molecule has 1 heterocycles. The zero-order chi connectivity index (χ0) is 20.9. The van der Waals surface area contributed by atoms with Crippen molar-refractivity contribution in [3.63, 3.8) is 0 Å². The van der Waals surface area contributed by atoms with Crippen LogP contribution in [-0.4, -0.2) is 63.0 Å². The van der Waals surface area contributed by atoms with Crippen molar-refractivity contribution in [2.75, 3.05) is 31.8 Å². The third-order valence-electron chi connectivity index (χ3n) is 4.82. The first-order valence-electron chi connectivity index (χ1n) is 9.24. The molecule has 0 radical (unpaired) electrons. The number of hydrogen-bond acceptors (Lipinski definition) is 6. The van der Waals surface area contributed by atoms with Gasteiger partial charge in [0.2, 0.25) is 0 Å². The molecule has 2 aromatic carbocycles. The molecule has 0 aliphatic carbocycles. The Morgan fingerprint density at radius 2 is 1.66 bits per heavy atom. The number of amides is 1. The molecule has 1 amide bonds. The van der Waals surface area contributed by atoms with E-state index in [0.29, 0.717) is 12.2 Å². The minimum atomic E-state index is -3.09. The largest absolute Gasteiger partial charge is 0.482 e. The fourth-order valence-corrected chi connectivity index (χ4v) is 4.86. The maximum absolute atomic E-state index is 12.1. The third-order valence-corrected chi connectivity index (χ3v) is 6.57. The molecule has 29 heavy (non-hydrogen) atoms. The summed E-state index contributed by atoms with van der Waals surface area (Å²) in [4.78, 5) is 25.3. The second-order valence-corrected chi connectivity index (χ2v) is 9.13. The van der Waals surface area contributed by atoms with Gasteiger partial charge in [0, 0.05) is 13.1 Å². The van der Waals surface area contributed by atoms with Gasteiger partial charge < -0.3 is 14.4 Å². The lowest BCUT2D eigenvalue weighted by Crippen LogP contribution is -2.40. The number of likely N-dealkylation sites (N-methyl/N-ethyl adjacent to an activating group) is 1. The van der Waals surface area contributed by atoms with Gasteiger partial charge in [-0.25, -0.2) is 13.2 Å². The Morgan fingerprint density at radius 1 is 1.00 bits per heavy atom. The van der Waals surface area contributed by atoms with E-state index >= 15 is 0 Å². The first-order chi connectivity index (χ1) is 13.8. The molecule has 1 aliphatic rings. The van der Waals surface area contributed by atoms with Crippen molar-refractivity contribution in [2.24, 2.45) is 0 Å². The van der Waals surface area contributed by atoms with Gasteiger partial charge in [0.05, 0.1) is 11.5 Å². The molecule has 1 atom stereocenters. The molecule has 1 fully saturated rings. The summed E-state index contributed by atoms with van der Waals surface area (Å²) in [5, 5.41) is 0. The minimum Gasteiger partial charge on any atom is -0.482 e. The van der Waals surface area contributed by atoms with Crippen LogP contribution in [0.5, 0.6) is 5.75 Å². The van der Waals surface area contributed by atoms with E-state index in [4.69, 9.17) is 9.47 Å². The van der Waals surface area contributed by atoms with Gasteiger partial charge in [-0.2, -0.15) is 0 Å². The van der Waals surface area contributed by atoms with Crippen LogP contribution in [0.15, 0.2) is 54.6 Å². The Hall–Kier alpha value is -2.87. The van der Waals surface area contributed by atoms with E-state index in [2.05, 4.69) is 0 Å². The van der Waals surface area contributed by atoms with Crippen LogP contribution < -0.4 is 4.74 Å². The van der Waals surface area contributed by atoms with Crippen molar-refractivity contribution in [3.8, 4) is 16.9 Å². The van der Waals surface area contributed by atoms with E-state index in [-0.39, 0.29) is 24.2 Å². The summed E-state index contributed by atoms with van der Waals surface area (Å²) in [6, 6.07) is 16.8. The van der Waals surface area contributed by atoms with Crippen molar-refractivity contribution in [3.05, 3.63) is 54.6 Å². The van der Waals surface area contributed by atoms with Crippen molar-refractivity contribution >= 4 is 21.7 Å². The lowest BCUT2D eigenvalue weighted by atomic mass is 10.1. The zero-order valence-electron chi connectivity index (χ0n) is 16.1. The Balaban J connectivity index is 1.42. The van der Waals surface area contributed by atoms with Gasteiger partial charge in [-0.05, 0) is 29.7 Å². The lowest BCUT2D eigenvalue weighted by Gasteiger charge is -2.23. The second kappa shape index (κ2) is 9.09. The molecule has 0 aromatic heterocycles. The van der Waals surface area contributed by atoms with E-state index in [0.717, 1.165) is 11.1 Å². The molecule has 1 aliphatic heterocycles. The van der Waals surface area contributed by atoms with Gasteiger partial charge in [-0.1, -0.05) is 42.5 Å². The maximum atomic E-state index is 12.1. The van der Waals surface area contributed by atoms with Crippen LogP contribution >= 0.6 is 0 Å². The Kier molecular flexibility index (Phi) is 6.53. The van der Waals surface area contributed by atoms with Gasteiger partial charge >= 0.3 is 5.97 Å². The van der Waals surface area contributed by atoms with Crippen molar-refractivity contribution < 1.29 is 27.5 Å². The van der Waals surface area contributed by atoms with E-state index in [1.54, 1.807) is 12.1 Å². The predicted octanol–water partition coefficient (Wildman–Crippen LogP) is 1.92. The normalized spacial score (nSPS) is 17.5. The molecule has 3 rings (SSSR count). The number of ether oxygens (including phenoxy) is 2. The van der Waals surface area contributed by atoms with Crippen LogP contribution in [0.1, 0.15) is 6.42 Å². The van der Waals surface area contributed by atoms with Gasteiger partial charge in [0.15, 0.2) is 23.1 Å². The number of esters is 1. The zero-order valence-corrected chi connectivity index (χ0v) is 16.9. The van der Waals surface area contributed by atoms with Crippen molar-refractivity contribution in [2.45, 2.75) is 12.5 Å². The lowest BCUT2D eigenvalue weighted by molar-refractivity contribution is -0.153. The monoisotopic (exact) mass is 417 g/mol. The van der Waals surface area contributed by atoms with Gasteiger partial charge in [0.25, 0.3) is 5.91 Å². The molecule has 0 spiro atoms. The number of sulfone groups is 1. The summed E-state index contributed by atoms with van der Waals surface area (Å²) in [6.07, 6.45) is 0.403. The summed E-state index contributed by atoms with van der Waals surface area (Å²) in [6.45, 7) is -0.762. The Morgan fingerprint density at radius 3 is 2.28 bits per heavy atom. The molecule has 8 heteroatoms. The smallest absolute Gasteiger partial charge is 0.344 e. The summed E-state index contributed by atoms with van der Waals surface area (Å²) in [5.41, 5.74) is 2.11. The van der Waals surface area contributed by atoms with Crippen LogP contribution in [-0.2, 0) is 24.2 Å². The summed E-state index contributed by atoms with van der Waals surface area (Å²) < 4.78 is 33.4. The van der Waals surface area contributed by atoms with Gasteiger partial charge in [-0.3, -0.25) is 4.79 Å². The van der Waals surface area contributed by atoms with Crippen molar-refractivity contribution in [1.29, 1.82) is 0 Å². The first-order valence-corrected chi connectivity index (χ1v) is 11.1. The molecule has 1 saturated heterocycles. The van der Waals surface area contributed by atoms with E-state index in [9.17, 15) is 18.0 Å². The molecule has 154 valence electrons. The highest BCUT2D eigenvalue weighted by molar-refractivity contribution is 7.91. The number of rotatable bonds is 7. The molecule has 0 saturated carbocycles. The predicted molar refractivity (Wildman–Crippen MR) is 108 cm³/mol. The highest BCUT2D eigenvalue weighted by Crippen LogP contribution is 2.22. The minimum absolute atomic E-state index is 0.0503. The molecular formula is C21H23NO6S. The molecule has 0 N–H and O–H groups in total. The number of benzene rings is 2. The van der Waals surface area contributed by atoms with Crippen LogP contribution in [0.4, 0.5) is 0 Å². The average molecular weight is 417 g/mol. The number of carbonyl (C=O) groups is 2. The Labute approximate surface area is 170 Å². The van der Waals surface area contributed by atoms with Gasteiger partial charge in [0.1, 0.15) is 5.75 Å². The van der Waals surface area contributed by atoms with Gasteiger partial charge in [-0.15, -0.1) is 0 Å². The highest BCUT2D eigenvalue weighted by atomic mass is 32.2. The molecule has 7 nitrogen and oxygen atoms in total. The van der Waals surface area contributed by atoms with E-state index < -0.39 is 28.3 Å². The van der Waals surface area contributed by atoms with Crippen LogP contribution in [0.25, 0.3) is 11.1 Å². The standard InChI is InChI=1S/C21H23NO6S/c1-22(18-11-12-29(25,26)15-18)20(23)13-28-21(24)14-27-19-9-7-17(8-10-19)16-5-3-2-4-6-16/h2-10,18H,11-15H2,1H3/t18-/m1/s1. The Bertz CT molecular complexity index is 956. The SMILES string of the molecule is CN(C(=O)COC(=O)COc1ccc(-c2ccccc2)cc1)[C@@H]1CCS(=O)(=O)C1. The van der Waals surface area contributed by atoms with E-state index in [1.807, 2.05) is 42.5 Å². The van der Waals surface area contributed by atoms with Crippen LogP contribution in [0.2, 0.25) is 0 Å².